The Hall–Kier alpha value is -1.63. The Balaban J connectivity index is 1.31. The Morgan fingerprint density at radius 2 is 1.96 bits per heavy atom. The number of furan rings is 1. The second-order valence-electron chi connectivity index (χ2n) is 7.34. The lowest BCUT2D eigenvalue weighted by molar-refractivity contribution is 0.0451. The Morgan fingerprint density at radius 1 is 1.19 bits per heavy atom. The number of aliphatic hydroxyl groups excluding tert-OH is 1. The van der Waals surface area contributed by atoms with Gasteiger partial charge in [-0.15, -0.1) is 11.3 Å². The first-order valence-corrected chi connectivity index (χ1v) is 10.4. The molecular weight excluding hydrogens is 348 g/mol. The van der Waals surface area contributed by atoms with Crippen LogP contribution in [0.15, 0.2) is 34.1 Å². The number of piperidine rings is 1. The fourth-order valence-corrected chi connectivity index (χ4v) is 4.81. The molecule has 0 bridgehead atoms. The fraction of sp³-hybridized carbons (Fsp3) is 0.550. The molecule has 1 atom stereocenters. The number of carbonyl (C=O) groups is 1. The molecule has 4 rings (SSSR count). The van der Waals surface area contributed by atoms with Crippen molar-refractivity contribution in [1.29, 1.82) is 0 Å². The average Bonchev–Trinajstić information content (AvgIpc) is 3.43. The van der Waals surface area contributed by atoms with Crippen LogP contribution in [0.5, 0.6) is 0 Å². The molecule has 0 aromatic carbocycles. The van der Waals surface area contributed by atoms with Crippen LogP contribution in [-0.2, 0) is 6.54 Å². The zero-order valence-electron chi connectivity index (χ0n) is 15.0. The molecule has 2 aromatic rings. The van der Waals surface area contributed by atoms with Gasteiger partial charge in [-0.05, 0) is 68.3 Å². The zero-order chi connectivity index (χ0) is 17.9. The summed E-state index contributed by atoms with van der Waals surface area (Å²) in [4.78, 5) is 18.0. The fourth-order valence-electron chi connectivity index (χ4n) is 4.00. The van der Waals surface area contributed by atoms with E-state index in [0.717, 1.165) is 43.1 Å². The van der Waals surface area contributed by atoms with Gasteiger partial charge in [0.2, 0.25) is 0 Å². The topological polar surface area (TPSA) is 56.9 Å². The van der Waals surface area contributed by atoms with E-state index in [0.29, 0.717) is 18.8 Å². The van der Waals surface area contributed by atoms with Crippen molar-refractivity contribution in [2.45, 2.75) is 38.3 Å². The molecule has 4 heterocycles. The third kappa shape index (κ3) is 3.87. The summed E-state index contributed by atoms with van der Waals surface area (Å²) in [6.07, 6.45) is 3.73. The van der Waals surface area contributed by atoms with Crippen molar-refractivity contribution in [3.63, 3.8) is 0 Å². The number of aliphatic hydroxyl groups is 1. The molecule has 0 unspecified atom stereocenters. The SMILES string of the molecule is O=C(c1ccc(CN2CCCC2)o1)N1CCC([C@H](O)c2cccs2)CC1. The van der Waals surface area contributed by atoms with Crippen molar-refractivity contribution in [2.75, 3.05) is 26.2 Å². The van der Waals surface area contributed by atoms with Crippen LogP contribution in [0.2, 0.25) is 0 Å². The minimum Gasteiger partial charge on any atom is -0.455 e. The first-order valence-electron chi connectivity index (χ1n) is 9.52. The standard InChI is InChI=1S/C20H26N2O3S/c23-19(18-4-3-13-26-18)15-7-11-22(12-8-15)20(24)17-6-5-16(25-17)14-21-9-1-2-10-21/h3-6,13,15,19,23H,1-2,7-12,14H2/t19-/m0/s1. The number of nitrogens with zero attached hydrogens (tertiary/aromatic N) is 2. The number of carbonyl (C=O) groups excluding carboxylic acids is 1. The molecule has 5 nitrogen and oxygen atoms in total. The van der Waals surface area contributed by atoms with E-state index in [1.54, 1.807) is 17.4 Å². The molecule has 0 saturated carbocycles. The highest BCUT2D eigenvalue weighted by Gasteiger charge is 2.30. The van der Waals surface area contributed by atoms with Crippen molar-refractivity contribution < 1.29 is 14.3 Å². The summed E-state index contributed by atoms with van der Waals surface area (Å²) >= 11 is 1.59. The smallest absolute Gasteiger partial charge is 0.289 e. The normalized spacial score (nSPS) is 20.6. The predicted octanol–water partition coefficient (Wildman–Crippen LogP) is 3.52. The second kappa shape index (κ2) is 7.94. The first kappa shape index (κ1) is 17.8. The highest BCUT2D eigenvalue weighted by Crippen LogP contribution is 2.33. The second-order valence-corrected chi connectivity index (χ2v) is 8.32. The van der Waals surface area contributed by atoms with E-state index in [-0.39, 0.29) is 11.8 Å². The lowest BCUT2D eigenvalue weighted by Crippen LogP contribution is -2.39. The Kier molecular flexibility index (Phi) is 5.43. The number of amides is 1. The maximum Gasteiger partial charge on any atom is 0.289 e. The zero-order valence-corrected chi connectivity index (χ0v) is 15.8. The van der Waals surface area contributed by atoms with Gasteiger partial charge in [0.25, 0.3) is 5.91 Å². The molecule has 2 aliphatic rings. The van der Waals surface area contributed by atoms with Crippen LogP contribution in [0.3, 0.4) is 0 Å². The van der Waals surface area contributed by atoms with Crippen molar-refractivity contribution in [2.24, 2.45) is 5.92 Å². The summed E-state index contributed by atoms with van der Waals surface area (Å²) < 4.78 is 5.81. The van der Waals surface area contributed by atoms with E-state index < -0.39 is 6.10 Å². The molecule has 1 amide bonds. The predicted molar refractivity (Wildman–Crippen MR) is 101 cm³/mol. The van der Waals surface area contributed by atoms with E-state index in [2.05, 4.69) is 4.90 Å². The average molecular weight is 375 g/mol. The molecule has 140 valence electrons. The molecule has 2 aliphatic heterocycles. The van der Waals surface area contributed by atoms with Crippen LogP contribution in [0, 0.1) is 5.92 Å². The molecule has 2 fully saturated rings. The van der Waals surface area contributed by atoms with Crippen molar-refractivity contribution in [3.05, 3.63) is 46.0 Å². The molecule has 2 saturated heterocycles. The van der Waals surface area contributed by atoms with Gasteiger partial charge in [-0.1, -0.05) is 6.07 Å². The number of thiophene rings is 1. The first-order chi connectivity index (χ1) is 12.7. The molecule has 2 aromatic heterocycles. The van der Waals surface area contributed by atoms with Crippen molar-refractivity contribution in [3.8, 4) is 0 Å². The van der Waals surface area contributed by atoms with Gasteiger partial charge in [0.15, 0.2) is 5.76 Å². The van der Waals surface area contributed by atoms with E-state index in [1.165, 1.54) is 12.8 Å². The summed E-state index contributed by atoms with van der Waals surface area (Å²) in [6.45, 7) is 4.37. The molecule has 1 N–H and O–H groups in total. The lowest BCUT2D eigenvalue weighted by atomic mass is 9.90. The number of likely N-dealkylation sites (tertiary alicyclic amines) is 2. The van der Waals surface area contributed by atoms with Gasteiger partial charge in [0, 0.05) is 18.0 Å². The minimum atomic E-state index is -0.414. The van der Waals surface area contributed by atoms with Gasteiger partial charge in [-0.3, -0.25) is 9.69 Å². The molecule has 0 spiro atoms. The van der Waals surface area contributed by atoms with Crippen LogP contribution < -0.4 is 0 Å². The van der Waals surface area contributed by atoms with Gasteiger partial charge in [-0.2, -0.15) is 0 Å². The van der Waals surface area contributed by atoms with Gasteiger partial charge in [0.05, 0.1) is 12.6 Å². The van der Waals surface area contributed by atoms with Crippen molar-refractivity contribution in [1.82, 2.24) is 9.80 Å². The van der Waals surface area contributed by atoms with Gasteiger partial charge >= 0.3 is 0 Å². The quantitative estimate of drug-likeness (QED) is 0.870. The highest BCUT2D eigenvalue weighted by atomic mass is 32.1. The summed E-state index contributed by atoms with van der Waals surface area (Å²) in [6, 6.07) is 7.69. The van der Waals surface area contributed by atoms with Crippen LogP contribution in [0.25, 0.3) is 0 Å². The van der Waals surface area contributed by atoms with E-state index >= 15 is 0 Å². The third-order valence-corrected chi connectivity index (χ3v) is 6.50. The summed E-state index contributed by atoms with van der Waals surface area (Å²) in [5.74, 6) is 1.51. The Bertz CT molecular complexity index is 713. The Labute approximate surface area is 158 Å². The highest BCUT2D eigenvalue weighted by molar-refractivity contribution is 7.10. The van der Waals surface area contributed by atoms with Crippen LogP contribution >= 0.6 is 11.3 Å². The summed E-state index contributed by atoms with van der Waals surface area (Å²) in [5, 5.41) is 12.5. The summed E-state index contributed by atoms with van der Waals surface area (Å²) in [5.41, 5.74) is 0. The summed E-state index contributed by atoms with van der Waals surface area (Å²) in [7, 11) is 0. The van der Waals surface area contributed by atoms with E-state index in [1.807, 2.05) is 28.5 Å². The molecule has 6 heteroatoms. The maximum absolute atomic E-state index is 12.7. The van der Waals surface area contributed by atoms with Gasteiger partial charge in [-0.25, -0.2) is 0 Å². The Morgan fingerprint density at radius 3 is 2.65 bits per heavy atom. The van der Waals surface area contributed by atoms with Gasteiger partial charge in [0.1, 0.15) is 5.76 Å². The van der Waals surface area contributed by atoms with Gasteiger partial charge < -0.3 is 14.4 Å². The van der Waals surface area contributed by atoms with E-state index in [9.17, 15) is 9.90 Å². The molecule has 0 radical (unpaired) electrons. The third-order valence-electron chi connectivity index (χ3n) is 5.56. The molecular formula is C20H26N2O3S. The number of rotatable bonds is 5. The number of hydrogen-bond donors (Lipinski definition) is 1. The molecule has 26 heavy (non-hydrogen) atoms. The lowest BCUT2D eigenvalue weighted by Gasteiger charge is -2.33. The van der Waals surface area contributed by atoms with Crippen LogP contribution in [-0.4, -0.2) is 47.0 Å². The molecule has 0 aliphatic carbocycles. The van der Waals surface area contributed by atoms with Crippen molar-refractivity contribution >= 4 is 17.2 Å². The monoisotopic (exact) mass is 374 g/mol. The number of hydrogen-bond acceptors (Lipinski definition) is 5. The van der Waals surface area contributed by atoms with E-state index in [4.69, 9.17) is 4.42 Å². The van der Waals surface area contributed by atoms with Crippen LogP contribution in [0.1, 0.15) is 53.0 Å². The minimum absolute atomic E-state index is 0.0262. The van der Waals surface area contributed by atoms with Crippen LogP contribution in [0.4, 0.5) is 0 Å². The largest absolute Gasteiger partial charge is 0.455 e. The maximum atomic E-state index is 12.7.